The van der Waals surface area contributed by atoms with Crippen LogP contribution in [0.5, 0.6) is 0 Å². The molecule has 0 unspecified atom stereocenters. The number of benzene rings is 2. The van der Waals surface area contributed by atoms with Crippen molar-refractivity contribution in [2.24, 2.45) is 0 Å². The molecule has 2 aromatic carbocycles. The monoisotopic (exact) mass is 297 g/mol. The minimum atomic E-state index is 0.672. The van der Waals surface area contributed by atoms with Crippen LogP contribution in [0.25, 0.3) is 16.6 Å². The third-order valence-corrected chi connectivity index (χ3v) is 4.22. The van der Waals surface area contributed by atoms with Gasteiger partial charge in [-0.15, -0.1) is 0 Å². The van der Waals surface area contributed by atoms with Gasteiger partial charge in [0.25, 0.3) is 0 Å². The van der Waals surface area contributed by atoms with E-state index in [1.54, 1.807) is 0 Å². The fourth-order valence-corrected chi connectivity index (χ4v) is 2.91. The van der Waals surface area contributed by atoms with Gasteiger partial charge in [0, 0.05) is 18.0 Å². The van der Waals surface area contributed by atoms with E-state index in [1.165, 1.54) is 18.4 Å². The molecule has 1 aliphatic rings. The van der Waals surface area contributed by atoms with Gasteiger partial charge in [0.15, 0.2) is 0 Å². The molecular weight excluding hydrogens is 282 g/mol. The Hall–Kier alpha value is -1.84. The summed E-state index contributed by atoms with van der Waals surface area (Å²) in [5, 5.41) is 9.94. The van der Waals surface area contributed by atoms with E-state index in [4.69, 9.17) is 11.6 Å². The zero-order chi connectivity index (χ0) is 14.2. The summed E-state index contributed by atoms with van der Waals surface area (Å²) in [5.74, 6) is 0. The van der Waals surface area contributed by atoms with E-state index >= 15 is 0 Å². The van der Waals surface area contributed by atoms with E-state index in [0.717, 1.165) is 28.2 Å². The lowest BCUT2D eigenvalue weighted by atomic mass is 10.1. The quantitative estimate of drug-likeness (QED) is 0.791. The molecule has 4 heteroatoms. The standard InChI is InChI=1S/C17H16ClN3/c18-15-6-3-5-13(10-19-14-8-9-14)17(15)21-16-7-2-1-4-12(16)11-20-21/h1-7,11,14,19H,8-10H2. The van der Waals surface area contributed by atoms with Crippen molar-refractivity contribution < 1.29 is 0 Å². The molecule has 3 nitrogen and oxygen atoms in total. The molecule has 0 aliphatic heterocycles. The molecule has 0 saturated heterocycles. The van der Waals surface area contributed by atoms with E-state index in [-0.39, 0.29) is 0 Å². The number of para-hydroxylation sites is 2. The number of nitrogens with zero attached hydrogens (tertiary/aromatic N) is 2. The van der Waals surface area contributed by atoms with Gasteiger partial charge in [0.05, 0.1) is 22.4 Å². The van der Waals surface area contributed by atoms with Crippen molar-refractivity contribution >= 4 is 22.5 Å². The summed E-state index contributed by atoms with van der Waals surface area (Å²) in [7, 11) is 0. The SMILES string of the molecule is Clc1cccc(CNC2CC2)c1-n1ncc2ccccc21. The Morgan fingerprint density at radius 2 is 2.00 bits per heavy atom. The average molecular weight is 298 g/mol. The summed E-state index contributed by atoms with van der Waals surface area (Å²) in [5.41, 5.74) is 3.25. The highest BCUT2D eigenvalue weighted by Gasteiger charge is 2.21. The maximum Gasteiger partial charge on any atom is 0.0883 e. The molecule has 0 atom stereocenters. The zero-order valence-corrected chi connectivity index (χ0v) is 12.3. The van der Waals surface area contributed by atoms with Gasteiger partial charge in [-0.3, -0.25) is 0 Å². The third kappa shape index (κ3) is 2.43. The Labute approximate surface area is 128 Å². The normalized spacial score (nSPS) is 14.7. The molecule has 1 heterocycles. The second-order valence-electron chi connectivity index (χ2n) is 5.52. The highest BCUT2D eigenvalue weighted by atomic mass is 35.5. The Morgan fingerprint density at radius 1 is 1.14 bits per heavy atom. The van der Waals surface area contributed by atoms with E-state index in [9.17, 15) is 0 Å². The molecule has 0 spiro atoms. The van der Waals surface area contributed by atoms with Crippen LogP contribution in [0, 0.1) is 0 Å². The first-order valence-electron chi connectivity index (χ1n) is 7.27. The van der Waals surface area contributed by atoms with E-state index in [2.05, 4.69) is 28.6 Å². The molecule has 1 aliphatic carbocycles. The summed E-state index contributed by atoms with van der Waals surface area (Å²) in [6, 6.07) is 14.9. The number of rotatable bonds is 4. The Bertz CT molecular complexity index is 790. The summed E-state index contributed by atoms with van der Waals surface area (Å²) >= 11 is 6.46. The van der Waals surface area contributed by atoms with Crippen molar-refractivity contribution in [1.82, 2.24) is 15.1 Å². The van der Waals surface area contributed by atoms with Gasteiger partial charge in [-0.2, -0.15) is 5.10 Å². The Balaban J connectivity index is 1.82. The molecule has 21 heavy (non-hydrogen) atoms. The molecule has 3 aromatic rings. The lowest BCUT2D eigenvalue weighted by molar-refractivity contribution is 0.682. The number of hydrogen-bond donors (Lipinski definition) is 1. The van der Waals surface area contributed by atoms with Crippen LogP contribution >= 0.6 is 11.6 Å². The van der Waals surface area contributed by atoms with Crippen LogP contribution in [-0.4, -0.2) is 15.8 Å². The van der Waals surface area contributed by atoms with Crippen LogP contribution in [0.3, 0.4) is 0 Å². The van der Waals surface area contributed by atoms with Gasteiger partial charge in [0.2, 0.25) is 0 Å². The van der Waals surface area contributed by atoms with Crippen LogP contribution in [0.2, 0.25) is 5.02 Å². The smallest absolute Gasteiger partial charge is 0.0883 e. The third-order valence-electron chi connectivity index (χ3n) is 3.92. The molecule has 1 saturated carbocycles. The first kappa shape index (κ1) is 12.9. The molecule has 1 N–H and O–H groups in total. The van der Waals surface area contributed by atoms with Crippen LogP contribution in [0.15, 0.2) is 48.7 Å². The second-order valence-corrected chi connectivity index (χ2v) is 5.93. The molecule has 4 rings (SSSR count). The largest absolute Gasteiger partial charge is 0.310 e. The highest BCUT2D eigenvalue weighted by molar-refractivity contribution is 6.32. The summed E-state index contributed by atoms with van der Waals surface area (Å²) in [4.78, 5) is 0. The lowest BCUT2D eigenvalue weighted by Crippen LogP contribution is -2.17. The van der Waals surface area contributed by atoms with Crippen molar-refractivity contribution in [2.75, 3.05) is 0 Å². The van der Waals surface area contributed by atoms with Crippen molar-refractivity contribution in [2.45, 2.75) is 25.4 Å². The predicted molar refractivity (Wildman–Crippen MR) is 85.9 cm³/mol. The summed E-state index contributed by atoms with van der Waals surface area (Å²) < 4.78 is 1.95. The van der Waals surface area contributed by atoms with Crippen LogP contribution in [0.4, 0.5) is 0 Å². The van der Waals surface area contributed by atoms with E-state index in [1.807, 2.05) is 35.1 Å². The van der Waals surface area contributed by atoms with Crippen LogP contribution in [-0.2, 0) is 6.54 Å². The number of fused-ring (bicyclic) bond motifs is 1. The van der Waals surface area contributed by atoms with Gasteiger partial charge < -0.3 is 5.32 Å². The number of aromatic nitrogens is 2. The molecule has 0 radical (unpaired) electrons. The van der Waals surface area contributed by atoms with Gasteiger partial charge in [0.1, 0.15) is 0 Å². The zero-order valence-electron chi connectivity index (χ0n) is 11.6. The summed E-state index contributed by atoms with van der Waals surface area (Å²) in [6.45, 7) is 0.828. The number of halogens is 1. The molecule has 0 amide bonds. The lowest BCUT2D eigenvalue weighted by Gasteiger charge is -2.13. The number of hydrogen-bond acceptors (Lipinski definition) is 2. The average Bonchev–Trinajstić information content (AvgIpc) is 3.24. The fourth-order valence-electron chi connectivity index (χ4n) is 2.63. The van der Waals surface area contributed by atoms with Gasteiger partial charge in [-0.1, -0.05) is 41.9 Å². The fraction of sp³-hybridized carbons (Fsp3) is 0.235. The Kier molecular flexibility index (Phi) is 3.17. The van der Waals surface area contributed by atoms with Crippen LogP contribution in [0.1, 0.15) is 18.4 Å². The van der Waals surface area contributed by atoms with Gasteiger partial charge in [-0.25, -0.2) is 4.68 Å². The summed E-state index contributed by atoms with van der Waals surface area (Å²) in [6.07, 6.45) is 4.44. The minimum Gasteiger partial charge on any atom is -0.310 e. The molecule has 1 aromatic heterocycles. The maximum atomic E-state index is 6.46. The molecule has 0 bridgehead atoms. The minimum absolute atomic E-state index is 0.672. The van der Waals surface area contributed by atoms with Crippen molar-refractivity contribution in [3.63, 3.8) is 0 Å². The second kappa shape index (κ2) is 5.17. The number of nitrogens with one attached hydrogen (secondary N) is 1. The molecule has 106 valence electrons. The highest BCUT2D eigenvalue weighted by Crippen LogP contribution is 2.28. The molecular formula is C17H16ClN3. The Morgan fingerprint density at radius 3 is 2.86 bits per heavy atom. The van der Waals surface area contributed by atoms with Gasteiger partial charge in [-0.05, 0) is 30.5 Å². The van der Waals surface area contributed by atoms with E-state index in [0.29, 0.717) is 6.04 Å². The van der Waals surface area contributed by atoms with E-state index < -0.39 is 0 Å². The van der Waals surface area contributed by atoms with Gasteiger partial charge >= 0.3 is 0 Å². The van der Waals surface area contributed by atoms with Crippen molar-refractivity contribution in [3.8, 4) is 5.69 Å². The van der Waals surface area contributed by atoms with Crippen molar-refractivity contribution in [1.29, 1.82) is 0 Å². The predicted octanol–water partition coefficient (Wildman–Crippen LogP) is 3.93. The topological polar surface area (TPSA) is 29.9 Å². The van der Waals surface area contributed by atoms with Crippen LogP contribution < -0.4 is 5.32 Å². The first-order valence-corrected chi connectivity index (χ1v) is 7.64. The maximum absolute atomic E-state index is 6.46. The molecule has 1 fully saturated rings. The van der Waals surface area contributed by atoms with Crippen molar-refractivity contribution in [3.05, 3.63) is 59.2 Å². The first-order chi connectivity index (χ1) is 10.3.